The number of rotatable bonds is 6. The van der Waals surface area contributed by atoms with Gasteiger partial charge in [0.2, 0.25) is 10.0 Å². The lowest BCUT2D eigenvalue weighted by Crippen LogP contribution is -2.41. The molecular weight excluding hydrogens is 472 g/mol. The lowest BCUT2D eigenvalue weighted by atomic mass is 10.1. The number of morpholine rings is 1. The molecular formula is C24H24N4O4S2. The van der Waals surface area contributed by atoms with E-state index in [1.165, 1.54) is 21.7 Å². The Balaban J connectivity index is 1.51. The van der Waals surface area contributed by atoms with E-state index in [1.54, 1.807) is 12.1 Å². The minimum absolute atomic E-state index is 0.168. The van der Waals surface area contributed by atoms with E-state index < -0.39 is 15.9 Å². The Kier molecular flexibility index (Phi) is 6.22. The molecule has 0 atom stereocenters. The smallest absolute Gasteiger partial charge is 0.256 e. The Morgan fingerprint density at radius 1 is 1.15 bits per heavy atom. The summed E-state index contributed by atoms with van der Waals surface area (Å²) in [7, 11) is -3.74. The minimum atomic E-state index is -3.74. The van der Waals surface area contributed by atoms with Gasteiger partial charge in [-0.3, -0.25) is 9.20 Å². The van der Waals surface area contributed by atoms with E-state index in [1.807, 2.05) is 53.2 Å². The van der Waals surface area contributed by atoms with Crippen molar-refractivity contribution >= 4 is 38.0 Å². The van der Waals surface area contributed by atoms with Crippen molar-refractivity contribution in [3.05, 3.63) is 71.2 Å². The van der Waals surface area contributed by atoms with Crippen molar-refractivity contribution in [2.75, 3.05) is 31.6 Å². The van der Waals surface area contributed by atoms with Crippen LogP contribution in [0, 0.1) is 0 Å². The first-order valence-corrected chi connectivity index (χ1v) is 13.3. The first-order valence-electron chi connectivity index (χ1n) is 11.0. The van der Waals surface area contributed by atoms with E-state index in [0.29, 0.717) is 49.8 Å². The lowest BCUT2D eigenvalue weighted by molar-refractivity contribution is 0.0730. The van der Waals surface area contributed by atoms with Crippen molar-refractivity contribution in [1.29, 1.82) is 0 Å². The highest BCUT2D eigenvalue weighted by Gasteiger charge is 2.29. The number of benzene rings is 2. The van der Waals surface area contributed by atoms with Crippen LogP contribution in [0.3, 0.4) is 0 Å². The third-order valence-electron chi connectivity index (χ3n) is 5.84. The van der Waals surface area contributed by atoms with Gasteiger partial charge >= 0.3 is 0 Å². The highest BCUT2D eigenvalue weighted by Crippen LogP contribution is 2.31. The summed E-state index contributed by atoms with van der Waals surface area (Å²) in [6.07, 6.45) is 2.39. The van der Waals surface area contributed by atoms with Crippen LogP contribution >= 0.6 is 11.3 Å². The van der Waals surface area contributed by atoms with Gasteiger partial charge < -0.3 is 10.1 Å². The predicted molar refractivity (Wildman–Crippen MR) is 132 cm³/mol. The molecule has 1 amide bonds. The van der Waals surface area contributed by atoms with Crippen molar-refractivity contribution in [3.63, 3.8) is 0 Å². The molecule has 0 unspecified atom stereocenters. The summed E-state index contributed by atoms with van der Waals surface area (Å²) in [4.78, 5) is 19.0. The van der Waals surface area contributed by atoms with Gasteiger partial charge in [0.1, 0.15) is 11.5 Å². The molecule has 1 saturated heterocycles. The zero-order chi connectivity index (χ0) is 23.7. The largest absolute Gasteiger partial charge is 0.379 e. The van der Waals surface area contributed by atoms with Gasteiger partial charge in [-0.15, -0.1) is 11.3 Å². The predicted octanol–water partition coefficient (Wildman–Crippen LogP) is 3.90. The van der Waals surface area contributed by atoms with E-state index in [0.717, 1.165) is 10.5 Å². The fourth-order valence-electron chi connectivity index (χ4n) is 4.04. The average Bonchev–Trinajstić information content (AvgIpc) is 3.47. The molecule has 5 rings (SSSR count). The standard InChI is InChI=1S/C24H24N4O4S2/c1-2-17-8-9-19(16-20(17)34(30,31)27-10-13-32-14-11-27)23(29)26-22-21(18-6-4-3-5-7-18)25-24-28(22)12-15-33-24/h3-9,12,15-16H,2,10-11,13-14H2,1H3,(H,26,29). The number of hydrogen-bond donors (Lipinski definition) is 1. The summed E-state index contributed by atoms with van der Waals surface area (Å²) in [5.74, 6) is 0.149. The fraction of sp³-hybridized carbons (Fsp3) is 0.250. The molecule has 2 aromatic carbocycles. The third-order valence-corrected chi connectivity index (χ3v) is 8.58. The number of carbonyl (C=O) groups excluding carboxylic acids is 1. The molecule has 0 radical (unpaired) electrons. The third kappa shape index (κ3) is 4.14. The second-order valence-corrected chi connectivity index (χ2v) is 10.7. The van der Waals surface area contributed by atoms with Crippen molar-refractivity contribution in [1.82, 2.24) is 13.7 Å². The van der Waals surface area contributed by atoms with E-state index in [-0.39, 0.29) is 10.5 Å². The first-order chi connectivity index (χ1) is 16.5. The van der Waals surface area contributed by atoms with E-state index in [2.05, 4.69) is 10.3 Å². The van der Waals surface area contributed by atoms with Gasteiger partial charge in [-0.1, -0.05) is 43.3 Å². The molecule has 8 nitrogen and oxygen atoms in total. The Bertz CT molecular complexity index is 1440. The molecule has 4 aromatic rings. The van der Waals surface area contributed by atoms with Gasteiger partial charge in [0.05, 0.1) is 18.1 Å². The number of carbonyl (C=O) groups is 1. The van der Waals surface area contributed by atoms with E-state index >= 15 is 0 Å². The van der Waals surface area contributed by atoms with Crippen LogP contribution in [-0.4, -0.2) is 54.3 Å². The molecule has 0 aliphatic carbocycles. The maximum absolute atomic E-state index is 13.4. The first kappa shape index (κ1) is 22.7. The fourth-order valence-corrected chi connectivity index (χ4v) is 6.48. The number of aryl methyl sites for hydroxylation is 1. The van der Waals surface area contributed by atoms with Gasteiger partial charge in [-0.05, 0) is 24.1 Å². The number of sulfonamides is 1. The normalized spacial score (nSPS) is 15.0. The monoisotopic (exact) mass is 496 g/mol. The number of fused-ring (bicyclic) bond motifs is 1. The summed E-state index contributed by atoms with van der Waals surface area (Å²) in [6, 6.07) is 14.5. The molecule has 1 fully saturated rings. The number of imidazole rings is 1. The lowest BCUT2D eigenvalue weighted by Gasteiger charge is -2.27. The van der Waals surface area contributed by atoms with Crippen LogP contribution < -0.4 is 5.32 Å². The molecule has 34 heavy (non-hydrogen) atoms. The van der Waals surface area contributed by atoms with Crippen molar-refractivity contribution in [2.45, 2.75) is 18.2 Å². The molecule has 2 aromatic heterocycles. The minimum Gasteiger partial charge on any atom is -0.379 e. The highest BCUT2D eigenvalue weighted by atomic mass is 32.2. The van der Waals surface area contributed by atoms with Crippen molar-refractivity contribution in [2.24, 2.45) is 0 Å². The summed E-state index contributed by atoms with van der Waals surface area (Å²) in [5.41, 5.74) is 2.49. The number of hydrogen-bond acceptors (Lipinski definition) is 6. The number of amides is 1. The number of anilines is 1. The van der Waals surface area contributed by atoms with Crippen LogP contribution in [-0.2, 0) is 21.2 Å². The van der Waals surface area contributed by atoms with Crippen molar-refractivity contribution < 1.29 is 17.9 Å². The molecule has 10 heteroatoms. The Labute approximate surface area is 201 Å². The zero-order valence-electron chi connectivity index (χ0n) is 18.6. The van der Waals surface area contributed by atoms with Gasteiger partial charge in [0.15, 0.2) is 4.96 Å². The van der Waals surface area contributed by atoms with E-state index in [4.69, 9.17) is 4.74 Å². The number of nitrogens with zero attached hydrogens (tertiary/aromatic N) is 3. The second-order valence-electron chi connectivity index (χ2n) is 7.88. The molecule has 176 valence electrons. The Morgan fingerprint density at radius 2 is 1.91 bits per heavy atom. The van der Waals surface area contributed by atoms with Gasteiger partial charge in [0, 0.05) is 35.8 Å². The second kappa shape index (κ2) is 9.30. The SMILES string of the molecule is CCc1ccc(C(=O)Nc2c(-c3ccccc3)nc3sccn23)cc1S(=O)(=O)N1CCOCC1. The maximum atomic E-state index is 13.4. The highest BCUT2D eigenvalue weighted by molar-refractivity contribution is 7.89. The van der Waals surface area contributed by atoms with E-state index in [9.17, 15) is 13.2 Å². The molecule has 1 N–H and O–H groups in total. The summed E-state index contributed by atoms with van der Waals surface area (Å²) in [6.45, 7) is 3.23. The van der Waals surface area contributed by atoms with Crippen molar-refractivity contribution in [3.8, 4) is 11.3 Å². The Morgan fingerprint density at radius 3 is 2.65 bits per heavy atom. The Hall–Kier alpha value is -3.05. The molecule has 3 heterocycles. The number of aromatic nitrogens is 2. The van der Waals surface area contributed by atoms with Crippen LogP contribution in [0.4, 0.5) is 5.82 Å². The van der Waals surface area contributed by atoms with Gasteiger partial charge in [-0.2, -0.15) is 4.31 Å². The van der Waals surface area contributed by atoms with Crippen LogP contribution in [0.1, 0.15) is 22.8 Å². The average molecular weight is 497 g/mol. The quantitative estimate of drug-likeness (QED) is 0.437. The molecule has 0 bridgehead atoms. The summed E-state index contributed by atoms with van der Waals surface area (Å²) < 4.78 is 35.3. The number of nitrogens with one attached hydrogen (secondary N) is 1. The number of thiazole rings is 1. The molecule has 1 aliphatic rings. The topological polar surface area (TPSA) is 93.0 Å². The zero-order valence-corrected chi connectivity index (χ0v) is 20.2. The van der Waals surface area contributed by atoms with Crippen LogP contribution in [0.25, 0.3) is 16.2 Å². The number of ether oxygens (including phenoxy) is 1. The van der Waals surface area contributed by atoms with Crippen LogP contribution in [0.15, 0.2) is 65.0 Å². The summed E-state index contributed by atoms with van der Waals surface area (Å²) >= 11 is 1.47. The van der Waals surface area contributed by atoms with Gasteiger partial charge in [0.25, 0.3) is 5.91 Å². The summed E-state index contributed by atoms with van der Waals surface area (Å²) in [5, 5.41) is 4.87. The molecule has 0 saturated carbocycles. The molecule has 1 aliphatic heterocycles. The van der Waals surface area contributed by atoms with Crippen LogP contribution in [0.2, 0.25) is 0 Å². The molecule has 0 spiro atoms. The van der Waals surface area contributed by atoms with Gasteiger partial charge in [-0.25, -0.2) is 13.4 Å². The maximum Gasteiger partial charge on any atom is 0.256 e. The van der Waals surface area contributed by atoms with Crippen LogP contribution in [0.5, 0.6) is 0 Å².